The van der Waals surface area contributed by atoms with Crippen molar-refractivity contribution in [2.75, 3.05) is 0 Å². The van der Waals surface area contributed by atoms with Crippen molar-refractivity contribution >= 4 is 12.1 Å². The number of nitrogens with zero attached hydrogens (tertiary/aromatic N) is 1. The molecule has 1 N–H and O–H groups in total. The van der Waals surface area contributed by atoms with Crippen LogP contribution in [-0.2, 0) is 0 Å². The van der Waals surface area contributed by atoms with Crippen LogP contribution in [0.15, 0.2) is 35.4 Å². The van der Waals surface area contributed by atoms with E-state index in [4.69, 9.17) is 0 Å². The number of unbranched alkanes of at least 4 members (excludes halogenated alkanes) is 2. The van der Waals surface area contributed by atoms with Gasteiger partial charge in [-0.25, -0.2) is 5.43 Å². The van der Waals surface area contributed by atoms with E-state index in [1.807, 2.05) is 18.2 Å². The number of nitrogens with one attached hydrogen (secondary N) is 1. The van der Waals surface area contributed by atoms with Crippen molar-refractivity contribution in [2.24, 2.45) is 5.10 Å². The van der Waals surface area contributed by atoms with Gasteiger partial charge in [-0.05, 0) is 25.0 Å². The van der Waals surface area contributed by atoms with Crippen LogP contribution in [0.5, 0.6) is 0 Å². The zero-order valence-corrected chi connectivity index (χ0v) is 8.94. The highest BCUT2D eigenvalue weighted by Crippen LogP contribution is 1.97. The summed E-state index contributed by atoms with van der Waals surface area (Å²) in [4.78, 5) is 11.5. The summed E-state index contributed by atoms with van der Waals surface area (Å²) < 4.78 is 0. The Morgan fingerprint density at radius 1 is 1.40 bits per heavy atom. The number of hydrogen-bond donors (Lipinski definition) is 1. The molecule has 80 valence electrons. The number of hydrogen-bond acceptors (Lipinski definition) is 2. The van der Waals surface area contributed by atoms with Gasteiger partial charge < -0.3 is 0 Å². The van der Waals surface area contributed by atoms with Crippen molar-refractivity contribution in [2.45, 2.75) is 26.2 Å². The van der Waals surface area contributed by atoms with Crippen molar-refractivity contribution in [1.29, 1.82) is 0 Å². The molecule has 0 saturated heterocycles. The first-order valence-electron chi connectivity index (χ1n) is 5.21. The van der Waals surface area contributed by atoms with Gasteiger partial charge in [0.05, 0.1) is 0 Å². The van der Waals surface area contributed by atoms with E-state index in [0.29, 0.717) is 5.56 Å². The molecule has 0 bridgehead atoms. The Balaban J connectivity index is 2.34. The molecule has 1 rings (SSSR count). The van der Waals surface area contributed by atoms with Crippen molar-refractivity contribution in [3.8, 4) is 0 Å². The van der Waals surface area contributed by atoms with Crippen LogP contribution in [0.4, 0.5) is 0 Å². The van der Waals surface area contributed by atoms with Crippen LogP contribution in [0, 0.1) is 0 Å². The first-order chi connectivity index (χ1) is 7.34. The molecule has 1 aromatic carbocycles. The second-order valence-corrected chi connectivity index (χ2v) is 3.26. The number of carbonyl (C=O) groups excluding carboxylic acids is 1. The first-order valence-corrected chi connectivity index (χ1v) is 5.21. The third kappa shape index (κ3) is 4.40. The summed E-state index contributed by atoms with van der Waals surface area (Å²) in [7, 11) is 0. The van der Waals surface area contributed by atoms with Gasteiger partial charge in [-0.3, -0.25) is 4.79 Å². The molecular weight excluding hydrogens is 188 g/mol. The van der Waals surface area contributed by atoms with E-state index >= 15 is 0 Å². The monoisotopic (exact) mass is 204 g/mol. The summed E-state index contributed by atoms with van der Waals surface area (Å²) in [6.07, 6.45) is 4.89. The maximum atomic E-state index is 11.5. The molecule has 0 heterocycles. The lowest BCUT2D eigenvalue weighted by atomic mass is 10.2. The summed E-state index contributed by atoms with van der Waals surface area (Å²) in [5.41, 5.74) is 3.12. The molecule has 1 aromatic rings. The number of amides is 1. The number of hydrazone groups is 1. The van der Waals surface area contributed by atoms with Gasteiger partial charge in [0, 0.05) is 11.8 Å². The second-order valence-electron chi connectivity index (χ2n) is 3.26. The van der Waals surface area contributed by atoms with E-state index < -0.39 is 0 Å². The molecule has 0 spiro atoms. The fourth-order valence-corrected chi connectivity index (χ4v) is 1.12. The normalized spacial score (nSPS) is 10.5. The summed E-state index contributed by atoms with van der Waals surface area (Å²) >= 11 is 0. The van der Waals surface area contributed by atoms with Gasteiger partial charge in [0.1, 0.15) is 0 Å². The van der Waals surface area contributed by atoms with Gasteiger partial charge in [0.25, 0.3) is 5.91 Å². The van der Waals surface area contributed by atoms with Gasteiger partial charge in [0.15, 0.2) is 0 Å². The zero-order valence-electron chi connectivity index (χ0n) is 8.94. The third-order valence-electron chi connectivity index (χ3n) is 1.98. The minimum atomic E-state index is -0.164. The lowest BCUT2D eigenvalue weighted by molar-refractivity contribution is 0.0955. The molecule has 1 amide bonds. The fraction of sp³-hybridized carbons (Fsp3) is 0.333. The Morgan fingerprint density at radius 2 is 2.13 bits per heavy atom. The highest BCUT2D eigenvalue weighted by molar-refractivity contribution is 5.94. The molecule has 0 unspecified atom stereocenters. The summed E-state index contributed by atoms with van der Waals surface area (Å²) in [6.45, 7) is 2.12. The van der Waals surface area contributed by atoms with E-state index in [1.54, 1.807) is 18.3 Å². The molecular formula is C12H16N2O. The van der Waals surface area contributed by atoms with Gasteiger partial charge in [0.2, 0.25) is 0 Å². The highest BCUT2D eigenvalue weighted by Gasteiger charge is 2.00. The van der Waals surface area contributed by atoms with Crippen molar-refractivity contribution in [3.63, 3.8) is 0 Å². The van der Waals surface area contributed by atoms with Crippen LogP contribution in [-0.4, -0.2) is 12.1 Å². The number of rotatable bonds is 5. The quantitative estimate of drug-likeness (QED) is 0.447. The van der Waals surface area contributed by atoms with Crippen molar-refractivity contribution in [3.05, 3.63) is 35.9 Å². The summed E-state index contributed by atoms with van der Waals surface area (Å²) in [5.74, 6) is -0.164. The van der Waals surface area contributed by atoms with E-state index in [1.165, 1.54) is 0 Å². The highest BCUT2D eigenvalue weighted by atomic mass is 16.2. The fourth-order valence-electron chi connectivity index (χ4n) is 1.12. The molecule has 0 radical (unpaired) electrons. The van der Waals surface area contributed by atoms with Crippen LogP contribution < -0.4 is 5.43 Å². The first kappa shape index (κ1) is 11.4. The maximum Gasteiger partial charge on any atom is 0.271 e. The van der Waals surface area contributed by atoms with Gasteiger partial charge in [-0.1, -0.05) is 31.5 Å². The van der Waals surface area contributed by atoms with Crippen LogP contribution in [0.1, 0.15) is 36.5 Å². The third-order valence-corrected chi connectivity index (χ3v) is 1.98. The van der Waals surface area contributed by atoms with Gasteiger partial charge in [-0.2, -0.15) is 5.10 Å². The van der Waals surface area contributed by atoms with Crippen LogP contribution in [0.2, 0.25) is 0 Å². The maximum absolute atomic E-state index is 11.5. The van der Waals surface area contributed by atoms with E-state index in [9.17, 15) is 4.79 Å². The molecule has 3 nitrogen and oxygen atoms in total. The molecule has 0 saturated carbocycles. The second kappa shape index (κ2) is 6.76. The Kier molecular flexibility index (Phi) is 5.15. The average molecular weight is 204 g/mol. The molecule has 0 aliphatic heterocycles. The van der Waals surface area contributed by atoms with Gasteiger partial charge in [-0.15, -0.1) is 0 Å². The molecule has 0 fully saturated rings. The topological polar surface area (TPSA) is 41.5 Å². The minimum absolute atomic E-state index is 0.164. The summed E-state index contributed by atoms with van der Waals surface area (Å²) in [5, 5.41) is 3.86. The molecule has 0 atom stereocenters. The van der Waals surface area contributed by atoms with Crippen LogP contribution in [0.25, 0.3) is 0 Å². The Morgan fingerprint density at radius 3 is 2.80 bits per heavy atom. The van der Waals surface area contributed by atoms with E-state index in [-0.39, 0.29) is 5.91 Å². The Labute approximate surface area is 90.2 Å². The largest absolute Gasteiger partial charge is 0.271 e. The van der Waals surface area contributed by atoms with Crippen LogP contribution in [0.3, 0.4) is 0 Å². The lowest BCUT2D eigenvalue weighted by Gasteiger charge is -1.98. The van der Waals surface area contributed by atoms with E-state index in [2.05, 4.69) is 17.5 Å². The predicted molar refractivity (Wildman–Crippen MR) is 61.9 cm³/mol. The average Bonchev–Trinajstić information content (AvgIpc) is 2.30. The Bertz CT molecular complexity index is 320. The number of carbonyl (C=O) groups is 1. The Hall–Kier alpha value is -1.64. The molecule has 0 aliphatic carbocycles. The van der Waals surface area contributed by atoms with Crippen molar-refractivity contribution < 1.29 is 4.79 Å². The smallest absolute Gasteiger partial charge is 0.267 e. The van der Waals surface area contributed by atoms with Crippen molar-refractivity contribution in [1.82, 2.24) is 5.43 Å². The molecule has 3 heteroatoms. The zero-order chi connectivity index (χ0) is 10.9. The standard InChI is InChI=1S/C12H16N2O/c1-2-3-7-10-13-14-12(15)11-8-5-4-6-9-11/h4-6,8-10H,2-3,7H2,1H3,(H,14,15). The lowest BCUT2D eigenvalue weighted by Crippen LogP contribution is -2.17. The molecule has 15 heavy (non-hydrogen) atoms. The molecule has 0 aliphatic rings. The van der Waals surface area contributed by atoms with E-state index in [0.717, 1.165) is 19.3 Å². The molecule has 0 aromatic heterocycles. The predicted octanol–water partition coefficient (Wildman–Crippen LogP) is 2.59. The van der Waals surface area contributed by atoms with Gasteiger partial charge >= 0.3 is 0 Å². The number of benzene rings is 1. The minimum Gasteiger partial charge on any atom is -0.267 e. The van der Waals surface area contributed by atoms with Crippen LogP contribution >= 0.6 is 0 Å². The summed E-state index contributed by atoms with van der Waals surface area (Å²) in [6, 6.07) is 9.06. The SMILES string of the molecule is CCCCC=NNC(=O)c1ccccc1.